The summed E-state index contributed by atoms with van der Waals surface area (Å²) < 4.78 is 16.0. The van der Waals surface area contributed by atoms with Crippen molar-refractivity contribution in [2.75, 3.05) is 27.9 Å². The molecule has 28 heavy (non-hydrogen) atoms. The van der Waals surface area contributed by atoms with Crippen LogP contribution >= 0.6 is 0 Å². The van der Waals surface area contributed by atoms with Crippen molar-refractivity contribution in [1.82, 2.24) is 5.32 Å². The monoisotopic (exact) mass is 377 g/mol. The second-order valence-electron chi connectivity index (χ2n) is 5.69. The van der Waals surface area contributed by atoms with E-state index in [4.69, 9.17) is 20.6 Å². The maximum Gasteiger partial charge on any atom is 0.244 e. The summed E-state index contributed by atoms with van der Waals surface area (Å²) in [5.41, 5.74) is 2.60. The number of methoxy groups -OCH3 is 3. The van der Waals surface area contributed by atoms with Crippen LogP contribution in [0, 0.1) is 12.3 Å². The third kappa shape index (κ3) is 5.68. The minimum atomic E-state index is -0.277. The third-order valence-corrected chi connectivity index (χ3v) is 3.94. The van der Waals surface area contributed by atoms with Crippen molar-refractivity contribution in [3.8, 4) is 29.6 Å². The Morgan fingerprint density at radius 1 is 1.00 bits per heavy atom. The van der Waals surface area contributed by atoms with E-state index in [0.29, 0.717) is 11.5 Å². The Hall–Kier alpha value is -3.65. The lowest BCUT2D eigenvalue weighted by Gasteiger charge is -2.11. The maximum absolute atomic E-state index is 11.9. The Balaban J connectivity index is 2.39. The summed E-state index contributed by atoms with van der Waals surface area (Å²) >= 11 is 0. The first-order valence-corrected chi connectivity index (χ1v) is 8.58. The topological polar surface area (TPSA) is 56.8 Å². The number of nitrogens with one attached hydrogen (secondary N) is 1. The van der Waals surface area contributed by atoms with Gasteiger partial charge in [0.2, 0.25) is 5.91 Å². The lowest BCUT2D eigenvalue weighted by atomic mass is 10.0. The van der Waals surface area contributed by atoms with Crippen LogP contribution in [0.1, 0.15) is 16.7 Å². The summed E-state index contributed by atoms with van der Waals surface area (Å²) in [6.07, 6.45) is 12.2. The molecule has 2 aromatic carbocycles. The molecule has 2 rings (SSSR count). The fourth-order valence-electron chi connectivity index (χ4n) is 2.48. The Morgan fingerprint density at radius 3 is 2.32 bits per heavy atom. The lowest BCUT2D eigenvalue weighted by Crippen LogP contribution is -2.20. The Morgan fingerprint density at radius 2 is 1.71 bits per heavy atom. The van der Waals surface area contributed by atoms with Crippen LogP contribution in [0.3, 0.4) is 0 Å². The quantitative estimate of drug-likeness (QED) is 0.433. The fourth-order valence-corrected chi connectivity index (χ4v) is 2.48. The van der Waals surface area contributed by atoms with Crippen LogP contribution in [0.4, 0.5) is 0 Å². The van der Waals surface area contributed by atoms with Gasteiger partial charge in [0, 0.05) is 17.7 Å². The maximum atomic E-state index is 11.9. The largest absolute Gasteiger partial charge is 0.497 e. The molecule has 0 radical (unpaired) electrons. The van der Waals surface area contributed by atoms with E-state index in [9.17, 15) is 4.79 Å². The average molecular weight is 377 g/mol. The van der Waals surface area contributed by atoms with E-state index in [-0.39, 0.29) is 12.5 Å². The molecule has 0 aliphatic rings. The zero-order chi connectivity index (χ0) is 20.4. The summed E-state index contributed by atoms with van der Waals surface area (Å²) in [6, 6.07) is 11.3. The number of ether oxygens (including phenoxy) is 3. The summed E-state index contributed by atoms with van der Waals surface area (Å²) in [6.45, 7) is 0.174. The first-order valence-electron chi connectivity index (χ1n) is 8.58. The smallest absolute Gasteiger partial charge is 0.244 e. The van der Waals surface area contributed by atoms with Crippen molar-refractivity contribution in [2.24, 2.45) is 0 Å². The second-order valence-corrected chi connectivity index (χ2v) is 5.69. The van der Waals surface area contributed by atoms with Crippen molar-refractivity contribution < 1.29 is 19.0 Å². The fraction of sp³-hybridized carbons (Fsp3) is 0.174. The molecule has 1 N–H and O–H groups in total. The average Bonchev–Trinajstić information content (AvgIpc) is 2.74. The van der Waals surface area contributed by atoms with Crippen molar-refractivity contribution in [3.05, 3.63) is 59.2 Å². The first-order chi connectivity index (χ1) is 13.6. The van der Waals surface area contributed by atoms with Gasteiger partial charge in [-0.15, -0.1) is 6.42 Å². The number of hydrogen-bond acceptors (Lipinski definition) is 4. The van der Waals surface area contributed by atoms with E-state index in [2.05, 4.69) is 11.2 Å². The number of carbonyl (C=O) groups excluding carboxylic acids is 1. The zero-order valence-corrected chi connectivity index (χ0v) is 16.2. The Kier molecular flexibility index (Phi) is 7.74. The molecule has 0 spiro atoms. The number of terminal acetylenes is 1. The molecule has 1 amide bonds. The van der Waals surface area contributed by atoms with Gasteiger partial charge in [-0.1, -0.05) is 30.2 Å². The van der Waals surface area contributed by atoms with E-state index >= 15 is 0 Å². The van der Waals surface area contributed by atoms with Crippen molar-refractivity contribution in [2.45, 2.75) is 0 Å². The van der Waals surface area contributed by atoms with Crippen LogP contribution in [0.15, 0.2) is 42.5 Å². The molecule has 0 saturated heterocycles. The summed E-state index contributed by atoms with van der Waals surface area (Å²) in [4.78, 5) is 11.9. The van der Waals surface area contributed by atoms with Crippen molar-refractivity contribution in [1.29, 1.82) is 0 Å². The predicted octanol–water partition coefficient (Wildman–Crippen LogP) is 3.65. The molecule has 0 aliphatic carbocycles. The summed E-state index contributed by atoms with van der Waals surface area (Å²) in [5, 5.41) is 2.59. The van der Waals surface area contributed by atoms with Crippen LogP contribution in [0.5, 0.6) is 17.2 Å². The van der Waals surface area contributed by atoms with E-state index in [1.54, 1.807) is 33.5 Å². The molecule has 0 bridgehead atoms. The molecule has 5 heteroatoms. The van der Waals surface area contributed by atoms with Crippen LogP contribution in [0.25, 0.3) is 18.2 Å². The molecular weight excluding hydrogens is 354 g/mol. The number of hydrogen-bond donors (Lipinski definition) is 1. The molecule has 0 heterocycles. The molecule has 0 aliphatic heterocycles. The molecule has 0 fully saturated rings. The first kappa shape index (κ1) is 20.7. The third-order valence-electron chi connectivity index (χ3n) is 3.94. The molecule has 0 aromatic heterocycles. The van der Waals surface area contributed by atoms with E-state index in [1.807, 2.05) is 42.5 Å². The van der Waals surface area contributed by atoms with Crippen LogP contribution in [-0.2, 0) is 4.79 Å². The highest BCUT2D eigenvalue weighted by Gasteiger charge is 2.09. The lowest BCUT2D eigenvalue weighted by molar-refractivity contribution is -0.116. The van der Waals surface area contributed by atoms with Crippen LogP contribution in [-0.4, -0.2) is 33.8 Å². The number of rotatable bonds is 8. The minimum Gasteiger partial charge on any atom is -0.497 e. The van der Waals surface area contributed by atoms with Crippen molar-refractivity contribution >= 4 is 24.1 Å². The summed E-state index contributed by atoms with van der Waals surface area (Å²) in [7, 11) is 4.79. The van der Waals surface area contributed by atoms with Gasteiger partial charge in [-0.25, -0.2) is 0 Å². The molecule has 2 aromatic rings. The van der Waals surface area contributed by atoms with E-state index in [0.717, 1.165) is 22.4 Å². The highest BCUT2D eigenvalue weighted by molar-refractivity contribution is 5.93. The predicted molar refractivity (Wildman–Crippen MR) is 112 cm³/mol. The molecule has 5 nitrogen and oxygen atoms in total. The number of amides is 1. The second kappa shape index (κ2) is 10.5. The van der Waals surface area contributed by atoms with E-state index < -0.39 is 0 Å². The van der Waals surface area contributed by atoms with Gasteiger partial charge in [-0.2, -0.15) is 0 Å². The molecule has 0 atom stereocenters. The Labute approximate surface area is 165 Å². The number of carbonyl (C=O) groups is 1. The van der Waals surface area contributed by atoms with Gasteiger partial charge >= 0.3 is 0 Å². The molecule has 0 saturated carbocycles. The van der Waals surface area contributed by atoms with E-state index in [1.165, 1.54) is 6.08 Å². The number of benzene rings is 2. The normalized spacial score (nSPS) is 10.6. The molecule has 144 valence electrons. The van der Waals surface area contributed by atoms with Gasteiger partial charge < -0.3 is 19.5 Å². The molecule has 0 unspecified atom stereocenters. The van der Waals surface area contributed by atoms with Gasteiger partial charge in [0.15, 0.2) is 0 Å². The zero-order valence-electron chi connectivity index (χ0n) is 16.2. The van der Waals surface area contributed by atoms with Gasteiger partial charge in [0.25, 0.3) is 0 Å². The highest BCUT2D eigenvalue weighted by Crippen LogP contribution is 2.31. The Bertz CT molecular complexity index is 905. The van der Waals surface area contributed by atoms with Crippen LogP contribution < -0.4 is 19.5 Å². The van der Waals surface area contributed by atoms with Crippen molar-refractivity contribution in [3.63, 3.8) is 0 Å². The standard InChI is InChI=1S/C23H23NO4/c1-5-14-24-23(25)13-12-21-18(15-20(27-3)16-22(21)28-4)9-6-17-7-10-19(26-2)11-8-17/h1,6-13,15-16H,14H2,2-4H3,(H,24,25)/b9-6+,13-12+. The van der Waals surface area contributed by atoms with Gasteiger partial charge in [0.05, 0.1) is 27.9 Å². The minimum absolute atomic E-state index is 0.174. The summed E-state index contributed by atoms with van der Waals surface area (Å²) in [5.74, 6) is 4.13. The van der Waals surface area contributed by atoms with Gasteiger partial charge in [-0.05, 0) is 35.4 Å². The van der Waals surface area contributed by atoms with Crippen LogP contribution in [0.2, 0.25) is 0 Å². The highest BCUT2D eigenvalue weighted by atomic mass is 16.5. The van der Waals surface area contributed by atoms with Gasteiger partial charge in [-0.3, -0.25) is 4.79 Å². The molecular formula is C23H23NO4. The SMILES string of the molecule is C#CCNC(=O)/C=C/c1c(/C=C/c2ccc(OC)cc2)cc(OC)cc1OC. The van der Waals surface area contributed by atoms with Gasteiger partial charge in [0.1, 0.15) is 17.2 Å².